The van der Waals surface area contributed by atoms with Gasteiger partial charge < -0.3 is 9.32 Å². The molecular formula is C25H23NO. The summed E-state index contributed by atoms with van der Waals surface area (Å²) in [4.78, 5) is 2.61. The van der Waals surface area contributed by atoms with Crippen LogP contribution >= 0.6 is 0 Å². The van der Waals surface area contributed by atoms with Gasteiger partial charge in [-0.2, -0.15) is 0 Å². The molecule has 0 aliphatic carbocycles. The summed E-state index contributed by atoms with van der Waals surface area (Å²) in [5.74, 6) is 0.491. The molecule has 27 heavy (non-hydrogen) atoms. The van der Waals surface area contributed by atoms with Crippen LogP contribution in [-0.4, -0.2) is 12.6 Å². The van der Waals surface area contributed by atoms with E-state index in [1.165, 1.54) is 33.2 Å². The molecule has 134 valence electrons. The average molecular weight is 353 g/mol. The molecule has 3 unspecified atom stereocenters. The van der Waals surface area contributed by atoms with E-state index in [9.17, 15) is 0 Å². The Bertz CT molecular complexity index is 1220. The average Bonchev–Trinajstić information content (AvgIpc) is 3.26. The van der Waals surface area contributed by atoms with Crippen molar-refractivity contribution in [2.24, 2.45) is 0 Å². The minimum absolute atomic E-state index is 0.161. The summed E-state index contributed by atoms with van der Waals surface area (Å²) in [7, 11) is 0. The second kappa shape index (κ2) is 4.95. The Morgan fingerprint density at radius 1 is 0.963 bits per heavy atom. The summed E-state index contributed by atoms with van der Waals surface area (Å²) in [6.45, 7) is 8.20. The Labute approximate surface area is 159 Å². The predicted molar refractivity (Wildman–Crippen MR) is 112 cm³/mol. The van der Waals surface area contributed by atoms with E-state index >= 15 is 0 Å². The van der Waals surface area contributed by atoms with Gasteiger partial charge in [0.1, 0.15) is 11.2 Å². The van der Waals surface area contributed by atoms with Gasteiger partial charge in [-0.1, -0.05) is 43.3 Å². The van der Waals surface area contributed by atoms with E-state index < -0.39 is 0 Å². The number of fused-ring (bicyclic) bond motifs is 8. The maximum Gasteiger partial charge on any atom is 0.135 e. The van der Waals surface area contributed by atoms with E-state index in [0.29, 0.717) is 12.0 Å². The van der Waals surface area contributed by atoms with E-state index in [0.717, 1.165) is 17.7 Å². The first-order valence-electron chi connectivity index (χ1n) is 9.86. The number of hydrogen-bond acceptors (Lipinski definition) is 2. The van der Waals surface area contributed by atoms with Crippen molar-refractivity contribution in [1.82, 2.24) is 0 Å². The highest BCUT2D eigenvalue weighted by molar-refractivity contribution is 6.05. The van der Waals surface area contributed by atoms with Crippen molar-refractivity contribution >= 4 is 27.6 Å². The van der Waals surface area contributed by atoms with Crippen molar-refractivity contribution in [3.05, 3.63) is 77.4 Å². The Hall–Kier alpha value is -2.74. The van der Waals surface area contributed by atoms with Crippen molar-refractivity contribution in [2.45, 2.75) is 38.1 Å². The van der Waals surface area contributed by atoms with Crippen LogP contribution in [0.2, 0.25) is 0 Å². The molecule has 2 nitrogen and oxygen atoms in total. The highest BCUT2D eigenvalue weighted by Crippen LogP contribution is 2.58. The molecule has 2 aliphatic heterocycles. The lowest BCUT2D eigenvalue weighted by Crippen LogP contribution is -2.35. The first kappa shape index (κ1) is 15.3. The molecule has 1 fully saturated rings. The van der Waals surface area contributed by atoms with E-state index in [-0.39, 0.29) is 5.41 Å². The third-order valence-electron chi connectivity index (χ3n) is 7.09. The van der Waals surface area contributed by atoms with E-state index in [2.05, 4.69) is 80.3 Å². The second-order valence-corrected chi connectivity index (χ2v) is 8.58. The molecule has 3 heterocycles. The van der Waals surface area contributed by atoms with Crippen LogP contribution in [0.15, 0.2) is 65.1 Å². The number of para-hydroxylation sites is 2. The normalized spacial score (nSPS) is 26.3. The van der Waals surface area contributed by atoms with Gasteiger partial charge in [0.2, 0.25) is 0 Å². The molecule has 4 aromatic rings. The number of hydrogen-bond donors (Lipinski definition) is 0. The first-order valence-corrected chi connectivity index (χ1v) is 9.86. The fourth-order valence-electron chi connectivity index (χ4n) is 5.90. The summed E-state index contributed by atoms with van der Waals surface area (Å²) in [6, 6.07) is 22.5. The summed E-state index contributed by atoms with van der Waals surface area (Å²) >= 11 is 0. The highest BCUT2D eigenvalue weighted by atomic mass is 16.3. The van der Waals surface area contributed by atoms with Gasteiger partial charge in [-0.25, -0.2) is 0 Å². The maximum atomic E-state index is 6.11. The molecule has 1 saturated heterocycles. The lowest BCUT2D eigenvalue weighted by molar-refractivity contribution is 0.435. The molecule has 6 rings (SSSR count). The zero-order valence-electron chi connectivity index (χ0n) is 16.0. The Kier molecular flexibility index (Phi) is 2.81. The monoisotopic (exact) mass is 353 g/mol. The Morgan fingerprint density at radius 2 is 1.74 bits per heavy atom. The molecule has 2 aliphatic rings. The van der Waals surface area contributed by atoms with Gasteiger partial charge in [0.05, 0.1) is 0 Å². The molecule has 2 heteroatoms. The summed E-state index contributed by atoms with van der Waals surface area (Å²) < 4.78 is 6.11. The number of benzene rings is 3. The van der Waals surface area contributed by atoms with E-state index in [1.807, 2.05) is 6.07 Å². The van der Waals surface area contributed by atoms with Crippen molar-refractivity contribution in [2.75, 3.05) is 11.4 Å². The van der Waals surface area contributed by atoms with Gasteiger partial charge in [-0.05, 0) is 54.8 Å². The van der Waals surface area contributed by atoms with E-state index in [4.69, 9.17) is 4.42 Å². The predicted octanol–water partition coefficient (Wildman–Crippen LogP) is 6.16. The van der Waals surface area contributed by atoms with Gasteiger partial charge in [0.15, 0.2) is 0 Å². The standard InChI is InChI=1S/C25H23NO/c1-15-12-23-19(17-8-4-7-11-22(17)27-23)13-18(15)24-16(2)26-14-25(24,3)20-9-5-6-10-21(20)26/h4-13,16,24H,14H2,1-3H3. The van der Waals surface area contributed by atoms with Crippen LogP contribution in [0.25, 0.3) is 21.9 Å². The fourth-order valence-corrected chi connectivity index (χ4v) is 5.90. The van der Waals surface area contributed by atoms with Gasteiger partial charge in [-0.3, -0.25) is 0 Å². The molecule has 0 amide bonds. The third kappa shape index (κ3) is 1.81. The van der Waals surface area contributed by atoms with Crippen LogP contribution in [0.3, 0.4) is 0 Å². The third-order valence-corrected chi connectivity index (χ3v) is 7.09. The van der Waals surface area contributed by atoms with E-state index in [1.54, 1.807) is 0 Å². The van der Waals surface area contributed by atoms with Gasteiger partial charge in [0, 0.05) is 40.4 Å². The van der Waals surface area contributed by atoms with Gasteiger partial charge in [-0.15, -0.1) is 0 Å². The maximum absolute atomic E-state index is 6.11. The van der Waals surface area contributed by atoms with Gasteiger partial charge in [0.25, 0.3) is 0 Å². The molecule has 0 spiro atoms. The minimum Gasteiger partial charge on any atom is -0.456 e. The minimum atomic E-state index is 0.161. The molecule has 0 radical (unpaired) electrons. The van der Waals surface area contributed by atoms with Crippen LogP contribution in [0, 0.1) is 6.92 Å². The quantitative estimate of drug-likeness (QED) is 0.407. The van der Waals surface area contributed by atoms with Crippen LogP contribution in [0.1, 0.15) is 36.5 Å². The van der Waals surface area contributed by atoms with Crippen LogP contribution in [-0.2, 0) is 5.41 Å². The number of aryl methyl sites for hydroxylation is 1. The molecular weight excluding hydrogens is 330 g/mol. The Morgan fingerprint density at radius 3 is 2.63 bits per heavy atom. The molecule has 1 aromatic heterocycles. The zero-order valence-corrected chi connectivity index (χ0v) is 16.0. The van der Waals surface area contributed by atoms with Crippen molar-refractivity contribution in [3.63, 3.8) is 0 Å². The second-order valence-electron chi connectivity index (χ2n) is 8.58. The lowest BCUT2D eigenvalue weighted by atomic mass is 9.67. The van der Waals surface area contributed by atoms with Crippen LogP contribution < -0.4 is 4.90 Å². The van der Waals surface area contributed by atoms with Crippen LogP contribution in [0.5, 0.6) is 0 Å². The first-order chi connectivity index (χ1) is 13.1. The summed E-state index contributed by atoms with van der Waals surface area (Å²) in [6.07, 6.45) is 0. The van der Waals surface area contributed by atoms with Gasteiger partial charge >= 0.3 is 0 Å². The smallest absolute Gasteiger partial charge is 0.135 e. The molecule has 3 atom stereocenters. The summed E-state index contributed by atoms with van der Waals surface area (Å²) in [5, 5.41) is 2.46. The topological polar surface area (TPSA) is 16.4 Å². The summed E-state index contributed by atoms with van der Waals surface area (Å²) in [5.41, 5.74) is 7.88. The lowest BCUT2D eigenvalue weighted by Gasteiger charge is -2.38. The molecule has 0 N–H and O–H groups in total. The molecule has 3 aromatic carbocycles. The molecule has 2 bridgehead atoms. The SMILES string of the molecule is Cc1cc2oc3ccccc3c2cc1C1C(C)N2CC1(C)c1ccccc12. The van der Waals surface area contributed by atoms with Crippen molar-refractivity contribution in [3.8, 4) is 0 Å². The number of rotatable bonds is 1. The Balaban J connectivity index is 1.60. The highest BCUT2D eigenvalue weighted by Gasteiger charge is 2.55. The van der Waals surface area contributed by atoms with Crippen molar-refractivity contribution in [1.29, 1.82) is 0 Å². The molecule has 0 saturated carbocycles. The number of nitrogens with zero attached hydrogens (tertiary/aromatic N) is 1. The van der Waals surface area contributed by atoms with Crippen LogP contribution in [0.4, 0.5) is 5.69 Å². The van der Waals surface area contributed by atoms with Crippen molar-refractivity contribution < 1.29 is 4.42 Å². The number of anilines is 1. The largest absolute Gasteiger partial charge is 0.456 e. The number of furan rings is 1. The zero-order chi connectivity index (χ0) is 18.3. The fraction of sp³-hybridized carbons (Fsp3) is 0.280.